The van der Waals surface area contributed by atoms with Gasteiger partial charge in [0, 0.05) is 10.6 Å². The number of thioether (sulfide) groups is 1. The maximum Gasteiger partial charge on any atom is 0.446 e. The normalized spacial score (nSPS) is 12.0. The number of alkyl halides is 3. The summed E-state index contributed by atoms with van der Waals surface area (Å²) in [6.07, 6.45) is 0.459. The molecule has 0 saturated heterocycles. The minimum atomic E-state index is -4.43. The summed E-state index contributed by atoms with van der Waals surface area (Å²) in [5, 5.41) is 2.37. The number of nitrogens with one attached hydrogen (secondary N) is 1. The number of halogens is 3. The van der Waals surface area contributed by atoms with Crippen LogP contribution in [0.3, 0.4) is 0 Å². The molecular formula is C14H10F3NO3S2. The number of hydrogen-bond donors (Lipinski definition) is 1. The number of benzene rings is 2. The van der Waals surface area contributed by atoms with Crippen molar-refractivity contribution in [1.82, 2.24) is 0 Å². The van der Waals surface area contributed by atoms with Crippen molar-refractivity contribution in [1.29, 1.82) is 0 Å². The highest BCUT2D eigenvalue weighted by molar-refractivity contribution is 8.00. The first-order valence-corrected chi connectivity index (χ1v) is 8.43. The predicted octanol–water partition coefficient (Wildman–Crippen LogP) is 3.70. The van der Waals surface area contributed by atoms with E-state index in [9.17, 15) is 26.4 Å². The fourth-order valence-electron chi connectivity index (χ4n) is 1.75. The minimum absolute atomic E-state index is 0.0230. The molecule has 4 nitrogen and oxygen atoms in total. The van der Waals surface area contributed by atoms with E-state index in [1.54, 1.807) is 0 Å². The van der Waals surface area contributed by atoms with Crippen LogP contribution < -0.4 is 5.32 Å². The molecule has 2 rings (SSSR count). The third-order valence-electron chi connectivity index (χ3n) is 2.76. The number of sulfone groups is 1. The molecule has 0 unspecified atom stereocenters. The van der Waals surface area contributed by atoms with Crippen molar-refractivity contribution in [3.63, 3.8) is 0 Å². The highest BCUT2D eigenvalue weighted by atomic mass is 32.2. The predicted molar refractivity (Wildman–Crippen MR) is 79.9 cm³/mol. The zero-order chi connectivity index (χ0) is 17.1. The van der Waals surface area contributed by atoms with Gasteiger partial charge in [-0.05, 0) is 60.3 Å². The molecule has 0 heterocycles. The summed E-state index contributed by atoms with van der Waals surface area (Å²) in [6.45, 7) is 0. The van der Waals surface area contributed by atoms with Crippen molar-refractivity contribution in [2.24, 2.45) is 0 Å². The van der Waals surface area contributed by atoms with E-state index in [1.165, 1.54) is 24.3 Å². The van der Waals surface area contributed by atoms with Crippen molar-refractivity contribution in [2.75, 3.05) is 5.32 Å². The van der Waals surface area contributed by atoms with E-state index in [0.29, 0.717) is 12.1 Å². The Bertz CT molecular complexity index is 786. The molecule has 1 amide bonds. The van der Waals surface area contributed by atoms with Gasteiger partial charge < -0.3 is 5.32 Å². The van der Waals surface area contributed by atoms with E-state index >= 15 is 0 Å². The zero-order valence-electron chi connectivity index (χ0n) is 11.4. The number of carbonyl (C=O) groups excluding carboxylic acids is 1. The van der Waals surface area contributed by atoms with Gasteiger partial charge >= 0.3 is 5.51 Å². The average Bonchev–Trinajstić information content (AvgIpc) is 2.47. The Morgan fingerprint density at radius 1 is 0.913 bits per heavy atom. The number of rotatable bonds is 5. The Morgan fingerprint density at radius 2 is 1.39 bits per heavy atom. The van der Waals surface area contributed by atoms with E-state index in [1.807, 2.05) is 0 Å². The fourth-order valence-corrected chi connectivity index (χ4v) is 3.56. The lowest BCUT2D eigenvalue weighted by molar-refractivity contribution is -0.105. The first-order chi connectivity index (χ1) is 10.7. The van der Waals surface area contributed by atoms with Crippen LogP contribution in [0, 0.1) is 0 Å². The quantitative estimate of drug-likeness (QED) is 0.652. The molecule has 9 heteroatoms. The van der Waals surface area contributed by atoms with Crippen molar-refractivity contribution >= 4 is 33.7 Å². The molecule has 23 heavy (non-hydrogen) atoms. The number of carbonyl (C=O) groups is 1. The van der Waals surface area contributed by atoms with Gasteiger partial charge in [-0.25, -0.2) is 8.42 Å². The van der Waals surface area contributed by atoms with Gasteiger partial charge in [-0.3, -0.25) is 4.79 Å². The van der Waals surface area contributed by atoms with Crippen molar-refractivity contribution < 1.29 is 26.4 Å². The second-order valence-corrected chi connectivity index (χ2v) is 7.40. The highest BCUT2D eigenvalue weighted by Gasteiger charge is 2.29. The Labute approximate surface area is 134 Å². The summed E-state index contributed by atoms with van der Waals surface area (Å²) in [6, 6.07) is 9.89. The van der Waals surface area contributed by atoms with Crippen LogP contribution in [0.2, 0.25) is 0 Å². The molecule has 0 radical (unpaired) electrons. The number of anilines is 1. The maximum atomic E-state index is 12.4. The summed E-state index contributed by atoms with van der Waals surface area (Å²) in [4.78, 5) is 10.1. The van der Waals surface area contributed by atoms with Gasteiger partial charge in [0.25, 0.3) is 0 Å². The van der Waals surface area contributed by atoms with Crippen LogP contribution >= 0.6 is 11.8 Å². The van der Waals surface area contributed by atoms with Gasteiger partial charge in [0.15, 0.2) is 0 Å². The van der Waals surface area contributed by atoms with Crippen molar-refractivity contribution in [3.05, 3.63) is 48.5 Å². The molecule has 0 saturated carbocycles. The minimum Gasteiger partial charge on any atom is -0.329 e. The lowest BCUT2D eigenvalue weighted by Crippen LogP contribution is -2.03. The molecule has 0 bridgehead atoms. The maximum absolute atomic E-state index is 12.4. The van der Waals surface area contributed by atoms with Gasteiger partial charge in [0.05, 0.1) is 9.79 Å². The fraction of sp³-hybridized carbons (Fsp3) is 0.0714. The van der Waals surface area contributed by atoms with Gasteiger partial charge in [-0.1, -0.05) is 0 Å². The molecule has 122 valence electrons. The summed E-state index contributed by atoms with van der Waals surface area (Å²) < 4.78 is 61.5. The second kappa shape index (κ2) is 6.63. The van der Waals surface area contributed by atoms with Crippen LogP contribution in [0.25, 0.3) is 0 Å². The summed E-state index contributed by atoms with van der Waals surface area (Å²) >= 11 is -0.313. The Balaban J connectivity index is 2.27. The Kier molecular flexibility index (Phi) is 5.00. The molecule has 0 fully saturated rings. The molecule has 1 N–H and O–H groups in total. The third-order valence-corrected chi connectivity index (χ3v) is 5.28. The van der Waals surface area contributed by atoms with Crippen LogP contribution in [0.1, 0.15) is 0 Å². The average molecular weight is 361 g/mol. The molecule has 0 aliphatic heterocycles. The lowest BCUT2D eigenvalue weighted by Gasteiger charge is -2.08. The zero-order valence-corrected chi connectivity index (χ0v) is 13.0. The summed E-state index contributed by atoms with van der Waals surface area (Å²) in [5.41, 5.74) is -4.00. The van der Waals surface area contributed by atoms with Gasteiger partial charge in [-0.15, -0.1) is 0 Å². The third kappa shape index (κ3) is 4.49. The van der Waals surface area contributed by atoms with Crippen LogP contribution in [-0.4, -0.2) is 20.3 Å². The molecule has 0 aromatic heterocycles. The van der Waals surface area contributed by atoms with E-state index in [4.69, 9.17) is 0 Å². The lowest BCUT2D eigenvalue weighted by atomic mass is 10.3. The summed E-state index contributed by atoms with van der Waals surface area (Å²) in [5.74, 6) is 0. The van der Waals surface area contributed by atoms with E-state index < -0.39 is 15.3 Å². The smallest absolute Gasteiger partial charge is 0.329 e. The molecule has 0 atom stereocenters. The van der Waals surface area contributed by atoms with Crippen LogP contribution in [0.5, 0.6) is 0 Å². The van der Waals surface area contributed by atoms with E-state index in [-0.39, 0.29) is 26.4 Å². The monoisotopic (exact) mass is 361 g/mol. The topological polar surface area (TPSA) is 63.2 Å². The van der Waals surface area contributed by atoms with Crippen LogP contribution in [-0.2, 0) is 14.6 Å². The Hall–Kier alpha value is -2.00. The first-order valence-electron chi connectivity index (χ1n) is 6.13. The summed E-state index contributed by atoms with van der Waals surface area (Å²) in [7, 11) is -3.84. The molecule has 0 aliphatic carbocycles. The van der Waals surface area contributed by atoms with Crippen molar-refractivity contribution in [2.45, 2.75) is 20.2 Å². The molecule has 2 aromatic rings. The molecule has 0 spiro atoms. The standard InChI is InChI=1S/C14H10F3NO3S2/c15-14(16,17)22-11-3-7-13(8-4-11)23(20,21)12-5-1-10(2-6-12)18-9-19/h1-9H,(H,18,19). The number of amides is 1. The molecule has 0 aliphatic rings. The highest BCUT2D eigenvalue weighted by Crippen LogP contribution is 2.37. The number of hydrogen-bond acceptors (Lipinski definition) is 4. The van der Waals surface area contributed by atoms with E-state index in [0.717, 1.165) is 24.3 Å². The van der Waals surface area contributed by atoms with Crippen LogP contribution in [0.15, 0.2) is 63.2 Å². The second-order valence-electron chi connectivity index (χ2n) is 4.31. The largest absolute Gasteiger partial charge is 0.446 e. The van der Waals surface area contributed by atoms with Crippen LogP contribution in [0.4, 0.5) is 18.9 Å². The Morgan fingerprint density at radius 3 is 1.83 bits per heavy atom. The van der Waals surface area contributed by atoms with E-state index in [2.05, 4.69) is 5.32 Å². The molecular weight excluding hydrogens is 351 g/mol. The molecule has 2 aromatic carbocycles. The SMILES string of the molecule is O=CNc1ccc(S(=O)(=O)c2ccc(SC(F)(F)F)cc2)cc1. The van der Waals surface area contributed by atoms with Gasteiger partial charge in [0.1, 0.15) is 0 Å². The van der Waals surface area contributed by atoms with Crippen molar-refractivity contribution in [3.8, 4) is 0 Å². The van der Waals surface area contributed by atoms with Gasteiger partial charge in [-0.2, -0.15) is 13.2 Å². The van der Waals surface area contributed by atoms with Gasteiger partial charge in [0.2, 0.25) is 16.2 Å². The first kappa shape index (κ1) is 17.4.